The average molecular weight is 284 g/mol. The van der Waals surface area contributed by atoms with Crippen molar-refractivity contribution in [2.75, 3.05) is 0 Å². The molecule has 1 aromatic rings. The number of rotatable bonds is 1. The van der Waals surface area contributed by atoms with E-state index >= 15 is 0 Å². The molecular formula is C14H10ClN5. The first-order chi connectivity index (χ1) is 9.78. The molecule has 2 aliphatic rings. The molecule has 0 bridgehead atoms. The molecule has 0 saturated carbocycles. The summed E-state index contributed by atoms with van der Waals surface area (Å²) in [6.07, 6.45) is 10.3. The van der Waals surface area contributed by atoms with Gasteiger partial charge in [0.05, 0.1) is 17.1 Å². The van der Waals surface area contributed by atoms with Gasteiger partial charge >= 0.3 is 0 Å². The number of nitrogens with zero attached hydrogens (tertiary/aromatic N) is 3. The van der Waals surface area contributed by atoms with Gasteiger partial charge in [-0.05, 0) is 18.6 Å². The Kier molecular flexibility index (Phi) is 3.23. The Morgan fingerprint density at radius 2 is 1.90 bits per heavy atom. The largest absolute Gasteiger partial charge is 0.339 e. The first-order valence-corrected chi connectivity index (χ1v) is 6.39. The predicted molar refractivity (Wildman–Crippen MR) is 75.8 cm³/mol. The molecule has 0 amide bonds. The summed E-state index contributed by atoms with van der Waals surface area (Å²) in [5.74, 6) is 0.600. The predicted octanol–water partition coefficient (Wildman–Crippen LogP) is 2.24. The summed E-state index contributed by atoms with van der Waals surface area (Å²) in [6, 6.07) is 3.70. The van der Waals surface area contributed by atoms with Gasteiger partial charge in [0.2, 0.25) is 0 Å². The minimum atomic E-state index is 0.302. The summed E-state index contributed by atoms with van der Waals surface area (Å²) < 4.78 is 0. The lowest BCUT2D eigenvalue weighted by atomic mass is 10.2. The fraction of sp³-hybridized carbons (Fsp3) is 0.0714. The molecule has 5 nitrogen and oxygen atoms in total. The fourth-order valence-corrected chi connectivity index (χ4v) is 2.13. The Labute approximate surface area is 121 Å². The molecular weight excluding hydrogens is 274 g/mol. The highest BCUT2D eigenvalue weighted by atomic mass is 35.5. The van der Waals surface area contributed by atoms with Crippen LogP contribution < -0.4 is 10.6 Å². The van der Waals surface area contributed by atoms with E-state index in [4.69, 9.17) is 11.6 Å². The highest BCUT2D eigenvalue weighted by Crippen LogP contribution is 2.23. The van der Waals surface area contributed by atoms with Gasteiger partial charge < -0.3 is 10.6 Å². The molecule has 98 valence electrons. The van der Waals surface area contributed by atoms with Crippen LogP contribution in [0.15, 0.2) is 53.9 Å². The molecule has 1 aliphatic carbocycles. The van der Waals surface area contributed by atoms with Crippen molar-refractivity contribution in [2.45, 2.75) is 6.42 Å². The maximum absolute atomic E-state index is 9.37. The van der Waals surface area contributed by atoms with E-state index in [-0.39, 0.29) is 0 Å². The summed E-state index contributed by atoms with van der Waals surface area (Å²) in [5.41, 5.74) is 2.74. The Balaban J connectivity index is 1.99. The summed E-state index contributed by atoms with van der Waals surface area (Å²) >= 11 is 5.84. The molecule has 0 unspecified atom stereocenters. The lowest BCUT2D eigenvalue weighted by Gasteiger charge is -2.06. The van der Waals surface area contributed by atoms with Gasteiger partial charge in [0.15, 0.2) is 0 Å². The van der Waals surface area contributed by atoms with E-state index in [1.54, 1.807) is 6.07 Å². The first kappa shape index (κ1) is 12.5. The third-order valence-electron chi connectivity index (χ3n) is 2.90. The molecule has 0 spiro atoms. The average Bonchev–Trinajstić information content (AvgIpc) is 2.70. The van der Waals surface area contributed by atoms with Crippen molar-refractivity contribution in [1.29, 1.82) is 5.26 Å². The van der Waals surface area contributed by atoms with Gasteiger partial charge in [0, 0.05) is 6.07 Å². The number of halogens is 1. The van der Waals surface area contributed by atoms with Crippen LogP contribution in [0.3, 0.4) is 0 Å². The molecule has 2 heterocycles. The summed E-state index contributed by atoms with van der Waals surface area (Å²) in [4.78, 5) is 7.90. The Bertz CT molecular complexity index is 695. The van der Waals surface area contributed by atoms with Gasteiger partial charge in [0.1, 0.15) is 28.9 Å². The van der Waals surface area contributed by atoms with Gasteiger partial charge in [-0.25, -0.2) is 9.97 Å². The number of hydrogen-bond acceptors (Lipinski definition) is 5. The van der Waals surface area contributed by atoms with Crippen LogP contribution in [0.1, 0.15) is 12.1 Å². The topological polar surface area (TPSA) is 73.6 Å². The molecule has 0 radical (unpaired) electrons. The van der Waals surface area contributed by atoms with Gasteiger partial charge in [-0.2, -0.15) is 5.26 Å². The van der Waals surface area contributed by atoms with Crippen molar-refractivity contribution in [2.24, 2.45) is 0 Å². The summed E-state index contributed by atoms with van der Waals surface area (Å²) in [7, 11) is 0. The van der Waals surface area contributed by atoms with Crippen molar-refractivity contribution >= 4 is 17.2 Å². The standard InChI is InChI=1S/C14H10ClN5/c15-13-6-12(17-8-18-13)9(7-16)14-19-10-4-2-1-3-5-11(10)20-14/h2-6,8,19-20H,1H2. The number of nitriles is 1. The van der Waals surface area contributed by atoms with Crippen LogP contribution in [-0.4, -0.2) is 9.97 Å². The minimum absolute atomic E-state index is 0.302. The molecule has 20 heavy (non-hydrogen) atoms. The number of hydrogen-bond donors (Lipinski definition) is 2. The zero-order valence-electron chi connectivity index (χ0n) is 10.4. The number of nitrogens with one attached hydrogen (secondary N) is 2. The second kappa shape index (κ2) is 5.19. The van der Waals surface area contributed by atoms with Gasteiger partial charge in [-0.1, -0.05) is 23.8 Å². The molecule has 0 aromatic carbocycles. The van der Waals surface area contributed by atoms with Crippen LogP contribution in [0.25, 0.3) is 5.57 Å². The van der Waals surface area contributed by atoms with E-state index in [1.807, 2.05) is 24.3 Å². The third kappa shape index (κ3) is 2.29. The molecule has 0 fully saturated rings. The van der Waals surface area contributed by atoms with Crippen LogP contribution in [0.4, 0.5) is 0 Å². The smallest absolute Gasteiger partial charge is 0.133 e. The lowest BCUT2D eigenvalue weighted by molar-refractivity contribution is 0.958. The fourth-order valence-electron chi connectivity index (χ4n) is 1.99. The lowest BCUT2D eigenvalue weighted by Crippen LogP contribution is -2.16. The summed E-state index contributed by atoms with van der Waals surface area (Å²) in [6.45, 7) is 0. The van der Waals surface area contributed by atoms with E-state index in [2.05, 4.69) is 26.7 Å². The van der Waals surface area contributed by atoms with Gasteiger partial charge in [0.25, 0.3) is 0 Å². The van der Waals surface area contributed by atoms with Crippen molar-refractivity contribution in [3.63, 3.8) is 0 Å². The molecule has 2 N–H and O–H groups in total. The van der Waals surface area contributed by atoms with Crippen LogP contribution in [0.5, 0.6) is 0 Å². The van der Waals surface area contributed by atoms with Crippen LogP contribution in [0.2, 0.25) is 5.15 Å². The number of aromatic nitrogens is 2. The third-order valence-corrected chi connectivity index (χ3v) is 3.11. The number of allylic oxidation sites excluding steroid dienone is 5. The molecule has 0 saturated heterocycles. The Morgan fingerprint density at radius 1 is 1.20 bits per heavy atom. The van der Waals surface area contributed by atoms with Crippen molar-refractivity contribution < 1.29 is 0 Å². The molecule has 1 aliphatic heterocycles. The zero-order chi connectivity index (χ0) is 13.9. The maximum atomic E-state index is 9.37. The monoisotopic (exact) mass is 283 g/mol. The van der Waals surface area contributed by atoms with Crippen molar-refractivity contribution in [1.82, 2.24) is 20.6 Å². The minimum Gasteiger partial charge on any atom is -0.339 e. The second-order valence-electron chi connectivity index (χ2n) is 4.21. The van der Waals surface area contributed by atoms with Gasteiger partial charge in [-0.3, -0.25) is 0 Å². The maximum Gasteiger partial charge on any atom is 0.133 e. The van der Waals surface area contributed by atoms with Crippen LogP contribution in [-0.2, 0) is 0 Å². The molecule has 6 heteroatoms. The summed E-state index contributed by atoms with van der Waals surface area (Å²) in [5, 5.41) is 16.0. The molecule has 3 rings (SSSR count). The van der Waals surface area contributed by atoms with Crippen molar-refractivity contribution in [3.05, 3.63) is 64.8 Å². The Hall–Kier alpha value is -2.58. The van der Waals surface area contributed by atoms with E-state index in [0.717, 1.165) is 17.8 Å². The van der Waals surface area contributed by atoms with Crippen molar-refractivity contribution in [3.8, 4) is 6.07 Å². The van der Waals surface area contributed by atoms with E-state index in [0.29, 0.717) is 22.2 Å². The van der Waals surface area contributed by atoms with Crippen LogP contribution in [0, 0.1) is 11.3 Å². The zero-order valence-corrected chi connectivity index (χ0v) is 11.1. The van der Waals surface area contributed by atoms with Crippen LogP contribution >= 0.6 is 11.6 Å². The quantitative estimate of drug-likeness (QED) is 0.611. The highest BCUT2D eigenvalue weighted by Gasteiger charge is 2.20. The first-order valence-electron chi connectivity index (χ1n) is 6.01. The molecule has 0 atom stereocenters. The van der Waals surface area contributed by atoms with E-state index < -0.39 is 0 Å². The molecule has 1 aromatic heterocycles. The van der Waals surface area contributed by atoms with E-state index in [9.17, 15) is 5.26 Å². The highest BCUT2D eigenvalue weighted by molar-refractivity contribution is 6.29. The normalized spacial score (nSPS) is 16.1. The van der Waals surface area contributed by atoms with E-state index in [1.165, 1.54) is 6.33 Å². The second-order valence-corrected chi connectivity index (χ2v) is 4.59. The SMILES string of the molecule is N#CC(=C1NC2=C(C=CCC=C2)N1)c1cc(Cl)ncn1. The Morgan fingerprint density at radius 3 is 2.50 bits per heavy atom. The van der Waals surface area contributed by atoms with Gasteiger partial charge in [-0.15, -0.1) is 0 Å².